The van der Waals surface area contributed by atoms with Crippen molar-refractivity contribution in [3.05, 3.63) is 58.7 Å². The molecule has 3 heterocycles. The Morgan fingerprint density at radius 3 is 2.39 bits per heavy atom. The van der Waals surface area contributed by atoms with Gasteiger partial charge in [-0.25, -0.2) is 12.7 Å². The van der Waals surface area contributed by atoms with Crippen LogP contribution < -0.4 is 10.9 Å². The van der Waals surface area contributed by atoms with Crippen LogP contribution in [0.25, 0.3) is 10.9 Å². The van der Waals surface area contributed by atoms with E-state index >= 15 is 0 Å². The smallest absolute Gasteiger partial charge is 0.261 e. The van der Waals surface area contributed by atoms with Crippen molar-refractivity contribution in [2.75, 3.05) is 32.5 Å². The molecular weight excluding hydrogens is 502 g/mol. The minimum Gasteiger partial charge on any atom is -0.375 e. The van der Waals surface area contributed by atoms with Gasteiger partial charge in [-0.3, -0.25) is 9.48 Å². The Kier molecular flexibility index (Phi) is 9.01. The Bertz CT molecular complexity index is 1490. The Labute approximate surface area is 224 Å². The number of aromatic amines is 1. The highest BCUT2D eigenvalue weighted by Crippen LogP contribution is 2.38. The molecule has 0 spiro atoms. The summed E-state index contributed by atoms with van der Waals surface area (Å²) in [4.78, 5) is 18.1. The van der Waals surface area contributed by atoms with Crippen molar-refractivity contribution in [2.24, 2.45) is 0 Å². The van der Waals surface area contributed by atoms with Gasteiger partial charge in [0.1, 0.15) is 5.39 Å². The van der Waals surface area contributed by atoms with Crippen LogP contribution in [-0.4, -0.2) is 59.6 Å². The Balaban J connectivity index is 0.00000195. The molecule has 11 heteroatoms. The lowest BCUT2D eigenvalue weighted by molar-refractivity contribution is 0.128. The lowest BCUT2D eigenvalue weighted by Gasteiger charge is -2.42. The Morgan fingerprint density at radius 2 is 1.84 bits per heavy atom. The fourth-order valence-corrected chi connectivity index (χ4v) is 5.55. The molecule has 1 saturated heterocycles. The van der Waals surface area contributed by atoms with Crippen LogP contribution in [0.4, 0.5) is 11.5 Å². The highest BCUT2D eigenvalue weighted by atomic mass is 32.2. The van der Waals surface area contributed by atoms with Gasteiger partial charge < -0.3 is 15.2 Å². The van der Waals surface area contributed by atoms with Crippen LogP contribution in [-0.2, 0) is 15.6 Å². The maximum absolute atomic E-state index is 12.9. The van der Waals surface area contributed by atoms with Gasteiger partial charge in [0.25, 0.3) is 5.56 Å². The van der Waals surface area contributed by atoms with E-state index in [1.165, 1.54) is 31.9 Å². The van der Waals surface area contributed by atoms with E-state index in [4.69, 9.17) is 5.10 Å². The average molecular weight is 540 g/mol. The summed E-state index contributed by atoms with van der Waals surface area (Å²) in [5.41, 5.74) is 1.61. The SMILES string of the molecule is C/C=C(/C)N1CCC(CC#N)(n2nc(Nc3ccc(S(=O)(=O)N(C)C)cc3)c3c(=O)[nH]ccc32)CC1.CC. The van der Waals surface area contributed by atoms with E-state index in [0.29, 0.717) is 35.2 Å². The summed E-state index contributed by atoms with van der Waals surface area (Å²) in [5.74, 6) is 0.361. The molecule has 1 fully saturated rings. The van der Waals surface area contributed by atoms with Crippen LogP contribution >= 0.6 is 0 Å². The van der Waals surface area contributed by atoms with Crippen molar-refractivity contribution in [3.8, 4) is 6.07 Å². The number of benzene rings is 1. The number of H-pyrrole nitrogens is 1. The number of hydrogen-bond donors (Lipinski definition) is 2. The third kappa shape index (κ3) is 5.47. The van der Waals surface area contributed by atoms with Gasteiger partial charge in [0.05, 0.1) is 28.4 Å². The van der Waals surface area contributed by atoms with Crippen molar-refractivity contribution >= 4 is 32.4 Å². The first-order valence-corrected chi connectivity index (χ1v) is 14.2. The quantitative estimate of drug-likeness (QED) is 0.456. The predicted octanol–water partition coefficient (Wildman–Crippen LogP) is 4.37. The molecule has 2 aromatic heterocycles. The number of allylic oxidation sites excluding steroid dienone is 2. The molecule has 38 heavy (non-hydrogen) atoms. The van der Waals surface area contributed by atoms with Crippen molar-refractivity contribution < 1.29 is 8.42 Å². The fourth-order valence-electron chi connectivity index (χ4n) is 4.65. The predicted molar refractivity (Wildman–Crippen MR) is 151 cm³/mol. The summed E-state index contributed by atoms with van der Waals surface area (Å²) >= 11 is 0. The van der Waals surface area contributed by atoms with E-state index < -0.39 is 15.6 Å². The molecule has 0 saturated carbocycles. The van der Waals surface area contributed by atoms with Gasteiger partial charge in [0.2, 0.25) is 10.0 Å². The van der Waals surface area contributed by atoms with Gasteiger partial charge in [-0.05, 0) is 57.0 Å². The number of rotatable bonds is 7. The molecule has 1 aliphatic rings. The van der Waals surface area contributed by atoms with Gasteiger partial charge >= 0.3 is 0 Å². The number of fused-ring (bicyclic) bond motifs is 1. The molecule has 4 rings (SSSR count). The molecule has 0 atom stereocenters. The minimum atomic E-state index is -3.55. The molecule has 2 N–H and O–H groups in total. The number of likely N-dealkylation sites (tertiary alicyclic amines) is 1. The van der Waals surface area contributed by atoms with Crippen LogP contribution in [0.3, 0.4) is 0 Å². The molecule has 0 unspecified atom stereocenters. The van der Waals surface area contributed by atoms with Gasteiger partial charge in [0.15, 0.2) is 5.82 Å². The molecule has 10 nitrogen and oxygen atoms in total. The molecule has 204 valence electrons. The van der Waals surface area contributed by atoms with E-state index in [1.54, 1.807) is 18.3 Å². The number of hydrogen-bond acceptors (Lipinski definition) is 7. The van der Waals surface area contributed by atoms with Crippen molar-refractivity contribution in [1.29, 1.82) is 5.26 Å². The van der Waals surface area contributed by atoms with Gasteiger partial charge in [-0.2, -0.15) is 10.4 Å². The van der Waals surface area contributed by atoms with E-state index in [-0.39, 0.29) is 16.9 Å². The molecule has 1 aliphatic heterocycles. The van der Waals surface area contributed by atoms with Crippen LogP contribution in [0.5, 0.6) is 0 Å². The summed E-state index contributed by atoms with van der Waals surface area (Å²) in [6.07, 6.45) is 5.37. The number of anilines is 2. The molecule has 1 aromatic carbocycles. The molecular formula is C27H37N7O3S. The number of piperidine rings is 1. The van der Waals surface area contributed by atoms with E-state index in [1.807, 2.05) is 31.5 Å². The van der Waals surface area contributed by atoms with Gasteiger partial charge in [0, 0.05) is 44.8 Å². The zero-order chi connectivity index (χ0) is 28.1. The Hall–Kier alpha value is -3.62. The second-order valence-electron chi connectivity index (χ2n) is 9.24. The zero-order valence-electron chi connectivity index (χ0n) is 22.9. The first kappa shape index (κ1) is 28.9. The van der Waals surface area contributed by atoms with Gasteiger partial charge in [-0.1, -0.05) is 19.9 Å². The monoisotopic (exact) mass is 539 g/mol. The second-order valence-corrected chi connectivity index (χ2v) is 11.4. The second kappa shape index (κ2) is 11.8. The third-order valence-corrected chi connectivity index (χ3v) is 8.80. The van der Waals surface area contributed by atoms with Crippen LogP contribution in [0.2, 0.25) is 0 Å². The Morgan fingerprint density at radius 1 is 1.21 bits per heavy atom. The number of aromatic nitrogens is 3. The molecule has 0 radical (unpaired) electrons. The first-order chi connectivity index (χ1) is 18.1. The van der Waals surface area contributed by atoms with Crippen LogP contribution in [0, 0.1) is 11.3 Å². The normalized spacial score (nSPS) is 15.6. The molecule has 0 amide bonds. The topological polar surface area (TPSA) is 127 Å². The van der Waals surface area contributed by atoms with Crippen molar-refractivity contribution in [1.82, 2.24) is 24.0 Å². The summed E-state index contributed by atoms with van der Waals surface area (Å²) in [6, 6.07) is 10.5. The molecule has 0 aliphatic carbocycles. The summed E-state index contributed by atoms with van der Waals surface area (Å²) < 4.78 is 27.8. The highest BCUT2D eigenvalue weighted by Gasteiger charge is 2.39. The minimum absolute atomic E-state index is 0.169. The highest BCUT2D eigenvalue weighted by molar-refractivity contribution is 7.89. The van der Waals surface area contributed by atoms with E-state index in [2.05, 4.69) is 34.3 Å². The van der Waals surface area contributed by atoms with Crippen molar-refractivity contribution in [2.45, 2.75) is 57.4 Å². The summed E-state index contributed by atoms with van der Waals surface area (Å²) in [5, 5.41) is 18.1. The number of nitriles is 1. The average Bonchev–Trinajstić information content (AvgIpc) is 3.30. The molecule has 3 aromatic rings. The number of sulfonamides is 1. The molecule has 0 bridgehead atoms. The maximum atomic E-state index is 12.9. The standard InChI is InChI=1S/C25H31N7O3S.C2H6/c1-5-18(2)31-16-12-25(11-14-26,13-17-31)32-21-10-15-27-24(33)22(21)23(29-32)28-19-6-8-20(9-7-19)36(34,35)30(3)4;1-2/h5-10,15H,11-13,16-17H2,1-4H3,(H,27,33)(H,28,29);1-2H3/b18-5-;. The third-order valence-electron chi connectivity index (χ3n) is 6.97. The fraction of sp³-hybridized carbons (Fsp3) is 0.444. The number of nitrogens with one attached hydrogen (secondary N) is 2. The first-order valence-electron chi connectivity index (χ1n) is 12.8. The largest absolute Gasteiger partial charge is 0.375 e. The lowest BCUT2D eigenvalue weighted by Crippen LogP contribution is -2.46. The van der Waals surface area contributed by atoms with E-state index in [0.717, 1.165) is 17.4 Å². The lowest BCUT2D eigenvalue weighted by atomic mass is 9.84. The van der Waals surface area contributed by atoms with Gasteiger partial charge in [-0.15, -0.1) is 0 Å². The van der Waals surface area contributed by atoms with Crippen molar-refractivity contribution in [3.63, 3.8) is 0 Å². The number of nitrogens with zero attached hydrogens (tertiary/aromatic N) is 5. The van der Waals surface area contributed by atoms with E-state index in [9.17, 15) is 18.5 Å². The summed E-state index contributed by atoms with van der Waals surface area (Å²) in [7, 11) is -0.593. The maximum Gasteiger partial charge on any atom is 0.261 e. The van der Waals surface area contributed by atoms with Crippen LogP contribution in [0.15, 0.2) is 58.0 Å². The number of pyridine rings is 1. The van der Waals surface area contributed by atoms with Crippen LogP contribution in [0.1, 0.15) is 47.0 Å². The summed E-state index contributed by atoms with van der Waals surface area (Å²) in [6.45, 7) is 9.66. The zero-order valence-corrected chi connectivity index (χ0v) is 23.8.